The lowest BCUT2D eigenvalue weighted by atomic mass is 10.2. The number of aryl methyl sites for hydroxylation is 1. The van der Waals surface area contributed by atoms with Gasteiger partial charge in [-0.3, -0.25) is 9.59 Å². The molecule has 0 saturated heterocycles. The summed E-state index contributed by atoms with van der Waals surface area (Å²) in [6, 6.07) is 11.3. The van der Waals surface area contributed by atoms with Gasteiger partial charge in [-0.2, -0.15) is 0 Å². The molecule has 114 valence electrons. The third-order valence-electron chi connectivity index (χ3n) is 2.87. The third-order valence-corrected chi connectivity index (χ3v) is 3.90. The third kappa shape index (κ3) is 4.33. The Labute approximate surface area is 133 Å². The first-order valence-electron chi connectivity index (χ1n) is 6.64. The summed E-state index contributed by atoms with van der Waals surface area (Å²) in [5, 5.41) is 3.11. The maximum atomic E-state index is 12.2. The second-order valence-electron chi connectivity index (χ2n) is 4.53. The Morgan fingerprint density at radius 2 is 1.95 bits per heavy atom. The smallest absolute Gasteiger partial charge is 0.325 e. The van der Waals surface area contributed by atoms with Crippen LogP contribution in [0.15, 0.2) is 52.5 Å². The number of amides is 1. The van der Waals surface area contributed by atoms with E-state index < -0.39 is 5.97 Å². The molecule has 0 spiro atoms. The Balaban J connectivity index is 2.14. The lowest BCUT2D eigenvalue weighted by molar-refractivity contribution is -0.139. The van der Waals surface area contributed by atoms with Crippen LogP contribution >= 0.6 is 11.8 Å². The molecule has 22 heavy (non-hydrogen) atoms. The number of nitrogens with one attached hydrogen (secondary N) is 1. The number of ether oxygens (including phenoxy) is 1. The minimum absolute atomic E-state index is 0.168. The molecule has 1 N–H and O–H groups in total. The number of nitrogens with zero attached hydrogens (tertiary/aromatic N) is 1. The number of benzene rings is 1. The zero-order valence-electron chi connectivity index (χ0n) is 12.3. The van der Waals surface area contributed by atoms with Crippen molar-refractivity contribution in [1.29, 1.82) is 0 Å². The average Bonchev–Trinajstić information content (AvgIpc) is 2.55. The molecule has 0 aliphatic rings. The molecule has 0 unspecified atom stereocenters. The fourth-order valence-corrected chi connectivity index (χ4v) is 2.56. The van der Waals surface area contributed by atoms with Gasteiger partial charge in [0.2, 0.25) is 0 Å². The van der Waals surface area contributed by atoms with Crippen LogP contribution < -0.4 is 5.32 Å². The number of hydrogen-bond donors (Lipinski definition) is 1. The maximum Gasteiger partial charge on any atom is 0.325 e. The summed E-state index contributed by atoms with van der Waals surface area (Å²) in [6.45, 7) is 1.85. The van der Waals surface area contributed by atoms with Gasteiger partial charge >= 0.3 is 5.97 Å². The van der Waals surface area contributed by atoms with E-state index in [1.807, 2.05) is 31.2 Å². The monoisotopic (exact) mass is 316 g/mol. The van der Waals surface area contributed by atoms with E-state index in [2.05, 4.69) is 15.0 Å². The van der Waals surface area contributed by atoms with Gasteiger partial charge in [0.15, 0.2) is 0 Å². The van der Waals surface area contributed by atoms with Crippen molar-refractivity contribution >= 4 is 23.6 Å². The van der Waals surface area contributed by atoms with Crippen LogP contribution in [-0.2, 0) is 9.53 Å². The summed E-state index contributed by atoms with van der Waals surface area (Å²) in [6.07, 6.45) is 1.63. The van der Waals surface area contributed by atoms with Crippen LogP contribution in [0.5, 0.6) is 0 Å². The van der Waals surface area contributed by atoms with Crippen LogP contribution in [0.3, 0.4) is 0 Å². The Morgan fingerprint density at radius 1 is 1.23 bits per heavy atom. The molecule has 0 radical (unpaired) electrons. The molecule has 0 bridgehead atoms. The van der Waals surface area contributed by atoms with Crippen molar-refractivity contribution < 1.29 is 14.3 Å². The molecule has 1 amide bonds. The first-order chi connectivity index (χ1) is 10.6. The number of carbonyl (C=O) groups is 2. The van der Waals surface area contributed by atoms with Gasteiger partial charge in [0, 0.05) is 11.1 Å². The molecule has 5 nitrogen and oxygen atoms in total. The number of esters is 1. The van der Waals surface area contributed by atoms with E-state index in [1.165, 1.54) is 24.4 Å². The van der Waals surface area contributed by atoms with Gasteiger partial charge in [0.25, 0.3) is 5.91 Å². The molecule has 1 heterocycles. The highest BCUT2D eigenvalue weighted by Crippen LogP contribution is 2.28. The number of carbonyl (C=O) groups excluding carboxylic acids is 2. The fraction of sp³-hybridized carbons (Fsp3) is 0.188. The fourth-order valence-electron chi connectivity index (χ4n) is 1.68. The Hall–Kier alpha value is -2.34. The van der Waals surface area contributed by atoms with Crippen LogP contribution in [0, 0.1) is 6.92 Å². The van der Waals surface area contributed by atoms with E-state index in [9.17, 15) is 9.59 Å². The van der Waals surface area contributed by atoms with Crippen LogP contribution in [-0.4, -0.2) is 30.5 Å². The van der Waals surface area contributed by atoms with Crippen LogP contribution in [0.1, 0.15) is 15.9 Å². The standard InChI is InChI=1S/C16H16N2O3S/c1-11-5-7-12(8-6-11)22-16-13(4-3-9-17-16)15(20)18-10-14(19)21-2/h3-9H,10H2,1-2H3,(H,18,20). The summed E-state index contributed by atoms with van der Waals surface area (Å²) >= 11 is 1.40. The van der Waals surface area contributed by atoms with Crippen molar-refractivity contribution in [1.82, 2.24) is 10.3 Å². The van der Waals surface area contributed by atoms with E-state index in [0.29, 0.717) is 10.6 Å². The minimum Gasteiger partial charge on any atom is -0.468 e. The second-order valence-corrected chi connectivity index (χ2v) is 5.59. The summed E-state index contributed by atoms with van der Waals surface area (Å²) in [5.74, 6) is -0.849. The van der Waals surface area contributed by atoms with Gasteiger partial charge in [0.1, 0.15) is 11.6 Å². The van der Waals surface area contributed by atoms with Crippen molar-refractivity contribution in [3.8, 4) is 0 Å². The Kier molecular flexibility index (Phi) is 5.55. The highest BCUT2D eigenvalue weighted by molar-refractivity contribution is 7.99. The molecule has 2 rings (SSSR count). The largest absolute Gasteiger partial charge is 0.468 e. The SMILES string of the molecule is COC(=O)CNC(=O)c1cccnc1Sc1ccc(C)cc1. The zero-order chi connectivity index (χ0) is 15.9. The van der Waals surface area contributed by atoms with Gasteiger partial charge in [0.05, 0.1) is 12.7 Å². The predicted octanol–water partition coefficient (Wildman–Crippen LogP) is 2.44. The molecule has 6 heteroatoms. The maximum absolute atomic E-state index is 12.2. The first kappa shape index (κ1) is 16.0. The average molecular weight is 316 g/mol. The summed E-state index contributed by atoms with van der Waals surface area (Å²) in [5.41, 5.74) is 1.60. The van der Waals surface area contributed by atoms with Gasteiger partial charge in [-0.25, -0.2) is 4.98 Å². The van der Waals surface area contributed by atoms with E-state index in [-0.39, 0.29) is 12.5 Å². The van der Waals surface area contributed by atoms with E-state index >= 15 is 0 Å². The second kappa shape index (κ2) is 7.61. The molecule has 2 aromatic rings. The summed E-state index contributed by atoms with van der Waals surface area (Å²) in [4.78, 5) is 28.5. The quantitative estimate of drug-likeness (QED) is 0.858. The number of rotatable bonds is 5. The highest BCUT2D eigenvalue weighted by atomic mass is 32.2. The lowest BCUT2D eigenvalue weighted by Crippen LogP contribution is -2.30. The normalized spacial score (nSPS) is 10.1. The van der Waals surface area contributed by atoms with Crippen molar-refractivity contribution in [2.45, 2.75) is 16.8 Å². The van der Waals surface area contributed by atoms with Gasteiger partial charge < -0.3 is 10.1 Å². The van der Waals surface area contributed by atoms with Gasteiger partial charge in [-0.1, -0.05) is 29.5 Å². The zero-order valence-corrected chi connectivity index (χ0v) is 13.1. The first-order valence-corrected chi connectivity index (χ1v) is 7.46. The minimum atomic E-state index is -0.495. The van der Waals surface area contributed by atoms with Crippen molar-refractivity contribution in [2.75, 3.05) is 13.7 Å². The Morgan fingerprint density at radius 3 is 2.64 bits per heavy atom. The molecule has 0 atom stereocenters. The lowest BCUT2D eigenvalue weighted by Gasteiger charge is -2.08. The summed E-state index contributed by atoms with van der Waals surface area (Å²) < 4.78 is 4.50. The number of methoxy groups -OCH3 is 1. The van der Waals surface area contributed by atoms with Crippen LogP contribution in [0.2, 0.25) is 0 Å². The van der Waals surface area contributed by atoms with Crippen molar-refractivity contribution in [3.05, 3.63) is 53.7 Å². The molecule has 0 aliphatic heterocycles. The number of hydrogen-bond acceptors (Lipinski definition) is 5. The van der Waals surface area contributed by atoms with E-state index in [0.717, 1.165) is 4.90 Å². The molecule has 1 aromatic heterocycles. The molecule has 0 fully saturated rings. The number of aromatic nitrogens is 1. The van der Waals surface area contributed by atoms with Gasteiger partial charge in [-0.05, 0) is 31.2 Å². The molecular weight excluding hydrogens is 300 g/mol. The number of pyridine rings is 1. The van der Waals surface area contributed by atoms with E-state index in [1.54, 1.807) is 18.3 Å². The van der Waals surface area contributed by atoms with Crippen molar-refractivity contribution in [2.24, 2.45) is 0 Å². The summed E-state index contributed by atoms with van der Waals surface area (Å²) in [7, 11) is 1.28. The van der Waals surface area contributed by atoms with Crippen LogP contribution in [0.4, 0.5) is 0 Å². The highest BCUT2D eigenvalue weighted by Gasteiger charge is 2.14. The molecular formula is C16H16N2O3S. The van der Waals surface area contributed by atoms with Crippen molar-refractivity contribution in [3.63, 3.8) is 0 Å². The molecule has 0 saturated carbocycles. The van der Waals surface area contributed by atoms with Crippen LogP contribution in [0.25, 0.3) is 0 Å². The molecule has 0 aliphatic carbocycles. The molecule has 1 aromatic carbocycles. The predicted molar refractivity (Wildman–Crippen MR) is 83.9 cm³/mol. The topological polar surface area (TPSA) is 68.3 Å². The van der Waals surface area contributed by atoms with E-state index in [4.69, 9.17) is 0 Å². The van der Waals surface area contributed by atoms with Gasteiger partial charge in [-0.15, -0.1) is 0 Å². The Bertz CT molecular complexity index is 671.